The predicted octanol–water partition coefficient (Wildman–Crippen LogP) is 4.24. The molecule has 3 aromatic rings. The minimum absolute atomic E-state index is 0.254. The maximum absolute atomic E-state index is 6.44. The SMILES string of the molecule is Cc1cccc(C(N)c2cccc3ccncc23)c1Cl. The first kappa shape index (κ1) is 13.1. The van der Waals surface area contributed by atoms with Crippen molar-refractivity contribution >= 4 is 22.4 Å². The minimum Gasteiger partial charge on any atom is -0.320 e. The van der Waals surface area contributed by atoms with E-state index in [1.54, 1.807) is 6.20 Å². The summed E-state index contributed by atoms with van der Waals surface area (Å²) in [6.45, 7) is 1.99. The number of nitrogens with two attached hydrogens (primary N) is 1. The molecular formula is C17H15ClN2. The maximum Gasteiger partial charge on any atom is 0.0573 e. The van der Waals surface area contributed by atoms with Crippen molar-refractivity contribution in [3.63, 3.8) is 0 Å². The number of pyridine rings is 1. The fourth-order valence-corrected chi connectivity index (χ4v) is 2.73. The van der Waals surface area contributed by atoms with Crippen LogP contribution in [-0.2, 0) is 0 Å². The van der Waals surface area contributed by atoms with Crippen molar-refractivity contribution in [3.8, 4) is 0 Å². The molecule has 0 aliphatic heterocycles. The van der Waals surface area contributed by atoms with Gasteiger partial charge in [0.2, 0.25) is 0 Å². The lowest BCUT2D eigenvalue weighted by Crippen LogP contribution is -2.13. The zero-order valence-electron chi connectivity index (χ0n) is 11.2. The van der Waals surface area contributed by atoms with Gasteiger partial charge in [-0.1, -0.05) is 48.0 Å². The molecule has 0 radical (unpaired) electrons. The van der Waals surface area contributed by atoms with Crippen molar-refractivity contribution in [2.45, 2.75) is 13.0 Å². The molecule has 3 rings (SSSR count). The summed E-state index contributed by atoms with van der Waals surface area (Å²) in [5.41, 5.74) is 9.47. The number of benzene rings is 2. The van der Waals surface area contributed by atoms with Gasteiger partial charge in [0, 0.05) is 22.8 Å². The fraction of sp³-hybridized carbons (Fsp3) is 0.118. The van der Waals surface area contributed by atoms with Crippen LogP contribution in [0.15, 0.2) is 54.9 Å². The molecule has 0 saturated heterocycles. The van der Waals surface area contributed by atoms with Crippen LogP contribution >= 0.6 is 11.6 Å². The van der Waals surface area contributed by atoms with Crippen molar-refractivity contribution in [1.82, 2.24) is 4.98 Å². The van der Waals surface area contributed by atoms with Crippen molar-refractivity contribution in [2.75, 3.05) is 0 Å². The molecule has 2 aromatic carbocycles. The number of nitrogens with zero attached hydrogens (tertiary/aromatic N) is 1. The Morgan fingerprint density at radius 3 is 2.65 bits per heavy atom. The molecule has 0 amide bonds. The summed E-state index contributed by atoms with van der Waals surface area (Å²) in [5.74, 6) is 0. The second kappa shape index (κ2) is 5.23. The zero-order chi connectivity index (χ0) is 14.1. The number of halogens is 1. The monoisotopic (exact) mass is 282 g/mol. The summed E-state index contributed by atoms with van der Waals surface area (Å²) >= 11 is 6.39. The normalized spacial score (nSPS) is 12.6. The average molecular weight is 283 g/mol. The van der Waals surface area contributed by atoms with E-state index < -0.39 is 0 Å². The number of hydrogen-bond donors (Lipinski definition) is 1. The molecule has 0 aliphatic carbocycles. The fourth-order valence-electron chi connectivity index (χ4n) is 2.49. The largest absolute Gasteiger partial charge is 0.320 e. The Bertz CT molecular complexity index is 763. The molecule has 0 bridgehead atoms. The molecule has 100 valence electrons. The van der Waals surface area contributed by atoms with Gasteiger partial charge in [-0.25, -0.2) is 0 Å². The van der Waals surface area contributed by atoms with E-state index in [9.17, 15) is 0 Å². The minimum atomic E-state index is -0.254. The first-order valence-electron chi connectivity index (χ1n) is 6.51. The van der Waals surface area contributed by atoms with Crippen molar-refractivity contribution in [2.24, 2.45) is 5.73 Å². The van der Waals surface area contributed by atoms with E-state index in [4.69, 9.17) is 17.3 Å². The van der Waals surface area contributed by atoms with Crippen LogP contribution in [-0.4, -0.2) is 4.98 Å². The molecule has 0 spiro atoms. The van der Waals surface area contributed by atoms with Gasteiger partial charge in [-0.3, -0.25) is 4.98 Å². The van der Waals surface area contributed by atoms with E-state index >= 15 is 0 Å². The third-order valence-corrected chi connectivity index (χ3v) is 4.13. The van der Waals surface area contributed by atoms with Crippen LogP contribution in [0.25, 0.3) is 10.8 Å². The molecular weight excluding hydrogens is 268 g/mol. The van der Waals surface area contributed by atoms with E-state index in [-0.39, 0.29) is 6.04 Å². The molecule has 1 atom stereocenters. The van der Waals surface area contributed by atoms with E-state index in [1.807, 2.05) is 49.5 Å². The number of aryl methyl sites for hydroxylation is 1. The number of rotatable bonds is 2. The van der Waals surface area contributed by atoms with Gasteiger partial charge in [0.25, 0.3) is 0 Å². The topological polar surface area (TPSA) is 38.9 Å². The molecule has 3 heteroatoms. The van der Waals surface area contributed by atoms with Gasteiger partial charge in [-0.15, -0.1) is 0 Å². The third kappa shape index (κ3) is 2.17. The van der Waals surface area contributed by atoms with Gasteiger partial charge >= 0.3 is 0 Å². The molecule has 20 heavy (non-hydrogen) atoms. The molecule has 0 fully saturated rings. The lowest BCUT2D eigenvalue weighted by Gasteiger charge is -2.17. The van der Waals surface area contributed by atoms with E-state index in [0.717, 1.165) is 32.5 Å². The van der Waals surface area contributed by atoms with E-state index in [2.05, 4.69) is 11.1 Å². The highest BCUT2D eigenvalue weighted by Crippen LogP contribution is 2.32. The number of fused-ring (bicyclic) bond motifs is 1. The Morgan fingerprint density at radius 1 is 1.05 bits per heavy atom. The summed E-state index contributed by atoms with van der Waals surface area (Å²) in [6, 6.07) is 13.8. The van der Waals surface area contributed by atoms with Crippen LogP contribution in [0.5, 0.6) is 0 Å². The summed E-state index contributed by atoms with van der Waals surface area (Å²) < 4.78 is 0. The van der Waals surface area contributed by atoms with Gasteiger partial charge < -0.3 is 5.73 Å². The molecule has 0 aliphatic rings. The summed E-state index contributed by atoms with van der Waals surface area (Å²) in [4.78, 5) is 4.20. The Balaban J connectivity index is 2.18. The second-order valence-corrected chi connectivity index (χ2v) is 5.28. The van der Waals surface area contributed by atoms with Crippen LogP contribution in [0, 0.1) is 6.92 Å². The summed E-state index contributed by atoms with van der Waals surface area (Å²) in [7, 11) is 0. The highest BCUT2D eigenvalue weighted by Gasteiger charge is 2.15. The Morgan fingerprint density at radius 2 is 1.80 bits per heavy atom. The van der Waals surface area contributed by atoms with Gasteiger partial charge in [-0.2, -0.15) is 0 Å². The highest BCUT2D eigenvalue weighted by atomic mass is 35.5. The quantitative estimate of drug-likeness (QED) is 0.763. The second-order valence-electron chi connectivity index (χ2n) is 4.90. The first-order chi connectivity index (χ1) is 9.68. The van der Waals surface area contributed by atoms with Crippen molar-refractivity contribution in [1.29, 1.82) is 0 Å². The first-order valence-corrected chi connectivity index (χ1v) is 6.89. The van der Waals surface area contributed by atoms with Crippen LogP contribution in [0.2, 0.25) is 5.02 Å². The zero-order valence-corrected chi connectivity index (χ0v) is 11.9. The number of aromatic nitrogens is 1. The smallest absolute Gasteiger partial charge is 0.0573 e. The Hall–Kier alpha value is -1.90. The lowest BCUT2D eigenvalue weighted by molar-refractivity contribution is 0.878. The Labute approximate surface area is 123 Å². The Kier molecular flexibility index (Phi) is 3.43. The molecule has 2 N–H and O–H groups in total. The number of hydrogen-bond acceptors (Lipinski definition) is 2. The van der Waals surface area contributed by atoms with Crippen LogP contribution in [0.1, 0.15) is 22.7 Å². The maximum atomic E-state index is 6.44. The summed E-state index contributed by atoms with van der Waals surface area (Å²) in [6.07, 6.45) is 3.64. The standard InChI is InChI=1S/C17H15ClN2/c1-11-4-2-7-14(16(11)18)17(19)13-6-3-5-12-8-9-20-10-15(12)13/h2-10,17H,19H2,1H3. The van der Waals surface area contributed by atoms with Gasteiger partial charge in [0.1, 0.15) is 0 Å². The molecule has 1 aromatic heterocycles. The van der Waals surface area contributed by atoms with Crippen molar-refractivity contribution < 1.29 is 0 Å². The molecule has 1 unspecified atom stereocenters. The van der Waals surface area contributed by atoms with Crippen LogP contribution < -0.4 is 5.73 Å². The van der Waals surface area contributed by atoms with E-state index in [1.165, 1.54) is 0 Å². The van der Waals surface area contributed by atoms with Gasteiger partial charge in [-0.05, 0) is 35.1 Å². The van der Waals surface area contributed by atoms with Gasteiger partial charge in [0.15, 0.2) is 0 Å². The summed E-state index contributed by atoms with van der Waals surface area (Å²) in [5, 5.41) is 2.94. The van der Waals surface area contributed by atoms with Gasteiger partial charge in [0.05, 0.1) is 6.04 Å². The predicted molar refractivity (Wildman–Crippen MR) is 84.0 cm³/mol. The lowest BCUT2D eigenvalue weighted by atomic mass is 9.94. The molecule has 1 heterocycles. The van der Waals surface area contributed by atoms with Crippen LogP contribution in [0.3, 0.4) is 0 Å². The molecule has 0 saturated carbocycles. The molecule has 2 nitrogen and oxygen atoms in total. The third-order valence-electron chi connectivity index (χ3n) is 3.61. The highest BCUT2D eigenvalue weighted by molar-refractivity contribution is 6.32. The van der Waals surface area contributed by atoms with Crippen molar-refractivity contribution in [3.05, 3.63) is 76.6 Å². The average Bonchev–Trinajstić information content (AvgIpc) is 2.49. The van der Waals surface area contributed by atoms with E-state index in [0.29, 0.717) is 0 Å². The van der Waals surface area contributed by atoms with Crippen LogP contribution in [0.4, 0.5) is 0 Å².